The number of carbonyl (C=O) groups excluding carboxylic acids is 3. The van der Waals surface area contributed by atoms with Crippen LogP contribution in [0, 0.1) is 5.82 Å². The average molecular weight is 369 g/mol. The number of fused-ring (bicyclic) bond motifs is 1. The monoisotopic (exact) mass is 369 g/mol. The number of nitrogens with one attached hydrogen (secondary N) is 2. The van der Waals surface area contributed by atoms with Crippen molar-refractivity contribution in [2.24, 2.45) is 0 Å². The third kappa shape index (κ3) is 4.91. The Bertz CT molecular complexity index is 852. The summed E-state index contributed by atoms with van der Waals surface area (Å²) in [6.07, 6.45) is 0.645. The van der Waals surface area contributed by atoms with Gasteiger partial charge >= 0.3 is 0 Å². The van der Waals surface area contributed by atoms with Gasteiger partial charge in [0.2, 0.25) is 17.7 Å². The highest BCUT2D eigenvalue weighted by Gasteiger charge is 2.26. The van der Waals surface area contributed by atoms with Crippen LogP contribution in [0.4, 0.5) is 15.8 Å². The first-order valence-corrected chi connectivity index (χ1v) is 8.73. The molecule has 0 aliphatic carbocycles. The van der Waals surface area contributed by atoms with Gasteiger partial charge in [-0.25, -0.2) is 4.39 Å². The van der Waals surface area contributed by atoms with E-state index in [0.717, 1.165) is 5.56 Å². The van der Waals surface area contributed by atoms with Crippen LogP contribution >= 0.6 is 0 Å². The van der Waals surface area contributed by atoms with E-state index in [4.69, 9.17) is 0 Å². The van der Waals surface area contributed by atoms with E-state index >= 15 is 0 Å². The summed E-state index contributed by atoms with van der Waals surface area (Å²) < 4.78 is 12.9. The van der Waals surface area contributed by atoms with Crippen molar-refractivity contribution in [1.29, 1.82) is 0 Å². The van der Waals surface area contributed by atoms with Crippen molar-refractivity contribution in [2.45, 2.75) is 19.3 Å². The van der Waals surface area contributed by atoms with Gasteiger partial charge in [0, 0.05) is 19.4 Å². The van der Waals surface area contributed by atoms with E-state index in [9.17, 15) is 18.8 Å². The van der Waals surface area contributed by atoms with E-state index in [0.29, 0.717) is 24.3 Å². The van der Waals surface area contributed by atoms with Crippen LogP contribution in [-0.4, -0.2) is 30.8 Å². The number of halogens is 1. The Morgan fingerprint density at radius 1 is 1.07 bits per heavy atom. The van der Waals surface area contributed by atoms with Crippen molar-refractivity contribution in [3.05, 3.63) is 59.9 Å². The number of carbonyl (C=O) groups is 3. The minimum absolute atomic E-state index is 0.0179. The van der Waals surface area contributed by atoms with Crippen molar-refractivity contribution < 1.29 is 18.8 Å². The van der Waals surface area contributed by atoms with Crippen LogP contribution in [0.3, 0.4) is 0 Å². The molecule has 140 valence electrons. The summed E-state index contributed by atoms with van der Waals surface area (Å²) in [5.74, 6) is -1.06. The Labute approximate surface area is 156 Å². The molecular weight excluding hydrogens is 349 g/mol. The van der Waals surface area contributed by atoms with Crippen LogP contribution < -0.4 is 15.5 Å². The van der Waals surface area contributed by atoms with E-state index in [1.165, 1.54) is 17.0 Å². The summed E-state index contributed by atoms with van der Waals surface area (Å²) in [6, 6.07) is 13.2. The summed E-state index contributed by atoms with van der Waals surface area (Å²) in [4.78, 5) is 37.6. The van der Waals surface area contributed by atoms with Crippen molar-refractivity contribution in [1.82, 2.24) is 5.32 Å². The number of anilines is 2. The second-order valence-corrected chi connectivity index (χ2v) is 6.27. The molecule has 0 saturated heterocycles. The maximum absolute atomic E-state index is 12.9. The molecule has 3 rings (SSSR count). The lowest BCUT2D eigenvalue weighted by atomic mass is 10.1. The molecule has 0 unspecified atom stereocenters. The zero-order chi connectivity index (χ0) is 19.2. The molecule has 0 radical (unpaired) electrons. The first-order valence-electron chi connectivity index (χ1n) is 8.73. The Morgan fingerprint density at radius 2 is 1.81 bits per heavy atom. The van der Waals surface area contributed by atoms with Gasteiger partial charge in [-0.1, -0.05) is 24.3 Å². The fraction of sp³-hybridized carbons (Fsp3) is 0.250. The van der Waals surface area contributed by atoms with Gasteiger partial charge in [-0.05, 0) is 36.2 Å². The van der Waals surface area contributed by atoms with Gasteiger partial charge in [0.1, 0.15) is 12.4 Å². The lowest BCUT2D eigenvalue weighted by Gasteiger charge is -2.29. The fourth-order valence-corrected chi connectivity index (χ4v) is 2.90. The summed E-state index contributed by atoms with van der Waals surface area (Å²) in [5, 5.41) is 5.47. The van der Waals surface area contributed by atoms with Gasteiger partial charge in [-0.2, -0.15) is 0 Å². The average Bonchev–Trinajstić information content (AvgIpc) is 2.67. The van der Waals surface area contributed by atoms with Crippen LogP contribution in [0.25, 0.3) is 0 Å². The molecule has 1 aliphatic rings. The minimum Gasteiger partial charge on any atom is -0.356 e. The van der Waals surface area contributed by atoms with Crippen molar-refractivity contribution in [3.63, 3.8) is 0 Å². The predicted molar refractivity (Wildman–Crippen MR) is 99.8 cm³/mol. The second kappa shape index (κ2) is 8.44. The lowest BCUT2D eigenvalue weighted by molar-refractivity contribution is -0.125. The van der Waals surface area contributed by atoms with Crippen molar-refractivity contribution in [3.8, 4) is 0 Å². The van der Waals surface area contributed by atoms with E-state index in [1.807, 2.05) is 0 Å². The van der Waals surface area contributed by atoms with Gasteiger partial charge in [0.05, 0.1) is 11.4 Å². The largest absolute Gasteiger partial charge is 0.356 e. The molecule has 3 amide bonds. The van der Waals surface area contributed by atoms with E-state index in [1.54, 1.807) is 36.4 Å². The molecule has 0 spiro atoms. The molecule has 0 atom stereocenters. The lowest BCUT2D eigenvalue weighted by Crippen LogP contribution is -2.42. The number of amides is 3. The van der Waals surface area contributed by atoms with E-state index < -0.39 is 0 Å². The maximum atomic E-state index is 12.9. The topological polar surface area (TPSA) is 78.5 Å². The molecule has 7 heteroatoms. The van der Waals surface area contributed by atoms with Crippen molar-refractivity contribution in [2.75, 3.05) is 23.3 Å². The Hall–Kier alpha value is -3.22. The first-order chi connectivity index (χ1) is 13.0. The van der Waals surface area contributed by atoms with E-state index in [-0.39, 0.29) is 42.9 Å². The molecular formula is C20H20FN3O3. The standard InChI is InChI=1S/C20H20FN3O3/c21-15-7-5-14(6-8-15)11-12-22-18(25)9-10-20(27)24-13-19(26)23-16-3-1-2-4-17(16)24/h1-8H,9-13H2,(H,22,25)(H,23,26). The molecule has 27 heavy (non-hydrogen) atoms. The highest BCUT2D eigenvalue weighted by molar-refractivity contribution is 6.10. The van der Waals surface area contributed by atoms with Crippen molar-refractivity contribution >= 4 is 29.1 Å². The predicted octanol–water partition coefficient (Wildman–Crippen LogP) is 2.25. The zero-order valence-electron chi connectivity index (χ0n) is 14.7. The highest BCUT2D eigenvalue weighted by atomic mass is 19.1. The van der Waals surface area contributed by atoms with Crippen LogP contribution in [0.2, 0.25) is 0 Å². The molecule has 2 aromatic carbocycles. The first kappa shape index (κ1) is 18.6. The third-order valence-electron chi connectivity index (χ3n) is 4.29. The van der Waals surface area contributed by atoms with Crippen LogP contribution in [-0.2, 0) is 20.8 Å². The molecule has 0 bridgehead atoms. The quantitative estimate of drug-likeness (QED) is 0.820. The molecule has 2 N–H and O–H groups in total. The number of hydrogen-bond acceptors (Lipinski definition) is 3. The Kier molecular flexibility index (Phi) is 5.80. The molecule has 0 aromatic heterocycles. The summed E-state index contributed by atoms with van der Waals surface area (Å²) >= 11 is 0. The second-order valence-electron chi connectivity index (χ2n) is 6.27. The van der Waals surface area contributed by atoms with Crippen LogP contribution in [0.15, 0.2) is 48.5 Å². The Morgan fingerprint density at radius 3 is 2.59 bits per heavy atom. The molecule has 0 saturated carbocycles. The molecule has 1 heterocycles. The molecule has 1 aliphatic heterocycles. The highest BCUT2D eigenvalue weighted by Crippen LogP contribution is 2.29. The summed E-state index contributed by atoms with van der Waals surface area (Å²) in [6.45, 7) is 0.357. The number of benzene rings is 2. The molecule has 2 aromatic rings. The third-order valence-corrected chi connectivity index (χ3v) is 4.29. The van der Waals surface area contributed by atoms with Gasteiger partial charge in [0.25, 0.3) is 0 Å². The molecule has 6 nitrogen and oxygen atoms in total. The number of hydrogen-bond donors (Lipinski definition) is 2. The minimum atomic E-state index is -0.297. The number of rotatable bonds is 6. The fourth-order valence-electron chi connectivity index (χ4n) is 2.90. The van der Waals surface area contributed by atoms with Gasteiger partial charge in [-0.3, -0.25) is 14.4 Å². The Balaban J connectivity index is 1.47. The van der Waals surface area contributed by atoms with Gasteiger partial charge < -0.3 is 15.5 Å². The molecule has 0 fully saturated rings. The summed E-state index contributed by atoms with van der Waals surface area (Å²) in [5.41, 5.74) is 2.15. The normalized spacial score (nSPS) is 12.9. The van der Waals surface area contributed by atoms with Crippen LogP contribution in [0.5, 0.6) is 0 Å². The maximum Gasteiger partial charge on any atom is 0.244 e. The smallest absolute Gasteiger partial charge is 0.244 e. The SMILES string of the molecule is O=C(CCC(=O)N1CC(=O)Nc2ccccc21)NCCc1ccc(F)cc1. The van der Waals surface area contributed by atoms with Gasteiger partial charge in [-0.15, -0.1) is 0 Å². The number of para-hydroxylation sites is 2. The van der Waals surface area contributed by atoms with Gasteiger partial charge in [0.15, 0.2) is 0 Å². The van der Waals surface area contributed by atoms with Crippen LogP contribution in [0.1, 0.15) is 18.4 Å². The van der Waals surface area contributed by atoms with E-state index in [2.05, 4.69) is 10.6 Å². The zero-order valence-corrected chi connectivity index (χ0v) is 14.7. The number of nitrogens with zero attached hydrogens (tertiary/aromatic N) is 1. The summed E-state index contributed by atoms with van der Waals surface area (Å²) in [7, 11) is 0.